The number of quaternary nitrogens is 1. The molecule has 1 aromatic carbocycles. The number of aliphatic hydroxyl groups is 1. The van der Waals surface area contributed by atoms with Gasteiger partial charge in [0.2, 0.25) is 0 Å². The number of esters is 1. The number of para-hydroxylation sites is 1. The standard InChI is InChI=1S/C22H29N2O3/c1-4-15-13-24(2)12-11-21-17-7-5-6-8-18(17)23-22(21,24)10-9-16(15)20(21,14-25)19(26)27-3/h4-8,16,23,25H,9-14H2,1-3H3/q+1/b15-4-/t16?,20?,21-,22-,24?/m0/s1. The lowest BCUT2D eigenvalue weighted by Crippen LogP contribution is -2.73. The third-order valence-corrected chi connectivity index (χ3v) is 8.64. The maximum Gasteiger partial charge on any atom is 0.316 e. The molecule has 1 saturated carbocycles. The number of nitrogens with one attached hydrogen (secondary N) is 1. The molecule has 4 aliphatic heterocycles. The second-order valence-corrected chi connectivity index (χ2v) is 9.04. The topological polar surface area (TPSA) is 58.6 Å². The van der Waals surface area contributed by atoms with Crippen LogP contribution in [0.15, 0.2) is 35.9 Å². The van der Waals surface area contributed by atoms with Crippen LogP contribution >= 0.6 is 0 Å². The molecule has 5 heteroatoms. The van der Waals surface area contributed by atoms with Crippen molar-refractivity contribution in [3.05, 3.63) is 41.5 Å². The van der Waals surface area contributed by atoms with Crippen LogP contribution in [0.25, 0.3) is 0 Å². The van der Waals surface area contributed by atoms with Crippen molar-refractivity contribution in [3.63, 3.8) is 0 Å². The Hall–Kier alpha value is -1.85. The second-order valence-electron chi connectivity index (χ2n) is 9.04. The summed E-state index contributed by atoms with van der Waals surface area (Å²) in [7, 11) is 3.80. The number of aliphatic hydroxyl groups excluding tert-OH is 1. The van der Waals surface area contributed by atoms with E-state index in [4.69, 9.17) is 4.74 Å². The molecule has 6 rings (SSSR count). The monoisotopic (exact) mass is 369 g/mol. The van der Waals surface area contributed by atoms with E-state index in [2.05, 4.69) is 49.6 Å². The van der Waals surface area contributed by atoms with Gasteiger partial charge in [-0.3, -0.25) is 9.28 Å². The summed E-state index contributed by atoms with van der Waals surface area (Å²) < 4.78 is 6.29. The summed E-state index contributed by atoms with van der Waals surface area (Å²) in [5.74, 6) is -0.242. The summed E-state index contributed by atoms with van der Waals surface area (Å²) in [4.78, 5) is 13.5. The van der Waals surface area contributed by atoms with Gasteiger partial charge in [-0.05, 0) is 30.5 Å². The fourth-order valence-corrected chi connectivity index (χ4v) is 7.66. The lowest BCUT2D eigenvalue weighted by molar-refractivity contribution is -0.940. The summed E-state index contributed by atoms with van der Waals surface area (Å²) in [5, 5.41) is 14.8. The van der Waals surface area contributed by atoms with Crippen molar-refractivity contribution in [2.75, 3.05) is 39.2 Å². The molecule has 4 heterocycles. The molecule has 5 aliphatic rings. The Bertz CT molecular complexity index is 867. The molecule has 0 radical (unpaired) electrons. The highest BCUT2D eigenvalue weighted by Gasteiger charge is 2.85. The van der Waals surface area contributed by atoms with E-state index in [-0.39, 0.29) is 24.2 Å². The highest BCUT2D eigenvalue weighted by Crippen LogP contribution is 2.74. The molecule has 1 spiro atoms. The predicted octanol–water partition coefficient (Wildman–Crippen LogP) is 2.42. The van der Waals surface area contributed by atoms with E-state index < -0.39 is 10.8 Å². The maximum absolute atomic E-state index is 13.5. The molecule has 5 nitrogen and oxygen atoms in total. The number of fused-ring (bicyclic) bond motifs is 3. The van der Waals surface area contributed by atoms with E-state index in [9.17, 15) is 9.90 Å². The van der Waals surface area contributed by atoms with Crippen LogP contribution in [0.5, 0.6) is 0 Å². The van der Waals surface area contributed by atoms with Crippen molar-refractivity contribution in [1.29, 1.82) is 0 Å². The molecule has 4 fully saturated rings. The van der Waals surface area contributed by atoms with E-state index >= 15 is 0 Å². The molecule has 3 unspecified atom stereocenters. The summed E-state index contributed by atoms with van der Waals surface area (Å²) in [6.07, 6.45) is 4.96. The largest absolute Gasteiger partial charge is 0.468 e. The lowest BCUT2D eigenvalue weighted by atomic mass is 9.46. The number of hydrogen-bond acceptors (Lipinski definition) is 4. The Morgan fingerprint density at radius 1 is 1.41 bits per heavy atom. The Balaban J connectivity index is 1.93. The fourth-order valence-electron chi connectivity index (χ4n) is 7.66. The van der Waals surface area contributed by atoms with Crippen LogP contribution in [0.2, 0.25) is 0 Å². The van der Waals surface area contributed by atoms with Crippen molar-refractivity contribution in [3.8, 4) is 0 Å². The first-order valence-corrected chi connectivity index (χ1v) is 10.0. The van der Waals surface area contributed by atoms with Gasteiger partial charge in [0, 0.05) is 24.4 Å². The molecule has 4 bridgehead atoms. The average molecular weight is 369 g/mol. The lowest BCUT2D eigenvalue weighted by Gasteiger charge is -2.57. The summed E-state index contributed by atoms with van der Waals surface area (Å²) >= 11 is 0. The van der Waals surface area contributed by atoms with Crippen molar-refractivity contribution >= 4 is 11.7 Å². The van der Waals surface area contributed by atoms with Crippen molar-refractivity contribution in [1.82, 2.24) is 0 Å². The molecule has 3 saturated heterocycles. The zero-order valence-electron chi connectivity index (χ0n) is 16.4. The third kappa shape index (κ3) is 1.52. The molecule has 0 amide bonds. The Kier molecular flexibility index (Phi) is 3.29. The fraction of sp³-hybridized carbons (Fsp3) is 0.591. The van der Waals surface area contributed by atoms with Gasteiger partial charge >= 0.3 is 5.97 Å². The van der Waals surface area contributed by atoms with E-state index in [0.717, 1.165) is 42.5 Å². The molecular formula is C22H29N2O3+. The van der Waals surface area contributed by atoms with E-state index in [0.29, 0.717) is 0 Å². The first-order valence-electron chi connectivity index (χ1n) is 10.0. The number of ether oxygens (including phenoxy) is 1. The Morgan fingerprint density at radius 2 is 2.19 bits per heavy atom. The number of rotatable bonds is 2. The quantitative estimate of drug-likeness (QED) is 0.478. The van der Waals surface area contributed by atoms with Gasteiger partial charge in [-0.25, -0.2) is 0 Å². The van der Waals surface area contributed by atoms with Crippen molar-refractivity contribution in [2.45, 2.75) is 37.3 Å². The number of benzene rings is 1. The average Bonchev–Trinajstić information content (AvgIpc) is 3.07. The number of carbonyl (C=O) groups excluding carboxylic acids is 1. The zero-order chi connectivity index (χ0) is 19.1. The number of carbonyl (C=O) groups is 1. The van der Waals surface area contributed by atoms with Crippen molar-refractivity contribution < 1.29 is 19.1 Å². The molecule has 2 N–H and O–H groups in total. The van der Waals surface area contributed by atoms with Crippen LogP contribution in [-0.4, -0.2) is 55.1 Å². The Morgan fingerprint density at radius 3 is 2.89 bits per heavy atom. The predicted molar refractivity (Wildman–Crippen MR) is 103 cm³/mol. The summed E-state index contributed by atoms with van der Waals surface area (Å²) in [6, 6.07) is 8.40. The van der Waals surface area contributed by atoms with Crippen LogP contribution in [0, 0.1) is 11.3 Å². The van der Waals surface area contributed by atoms with Gasteiger partial charge in [-0.15, -0.1) is 0 Å². The smallest absolute Gasteiger partial charge is 0.316 e. The maximum atomic E-state index is 13.5. The number of hydrogen-bond donors (Lipinski definition) is 2. The molecule has 144 valence electrons. The molecule has 1 aliphatic carbocycles. The highest BCUT2D eigenvalue weighted by molar-refractivity contribution is 5.85. The first-order chi connectivity index (χ1) is 13.0. The van der Waals surface area contributed by atoms with Gasteiger partial charge in [-0.1, -0.05) is 24.3 Å². The number of allylic oxidation sites excluding steroid dienone is 1. The number of anilines is 1. The number of likely N-dealkylation sites (N-methyl/N-ethyl adjacent to an activating group) is 1. The highest BCUT2D eigenvalue weighted by atomic mass is 16.5. The van der Waals surface area contributed by atoms with Crippen LogP contribution in [0.1, 0.15) is 31.7 Å². The number of nitrogens with zero attached hydrogens (tertiary/aromatic N) is 1. The SMILES string of the molecule is C/C=C1/C[N+]2(C)CC[C@@]34c5ccccc5N[C@]32CCC1C4(CO)C(=O)OC. The Labute approximate surface area is 160 Å². The van der Waals surface area contributed by atoms with Gasteiger partial charge in [0.1, 0.15) is 12.0 Å². The normalized spacial score (nSPS) is 45.2. The van der Waals surface area contributed by atoms with E-state index in [1.807, 2.05) is 0 Å². The number of methoxy groups -OCH3 is 1. The van der Waals surface area contributed by atoms with E-state index in [1.165, 1.54) is 18.2 Å². The molecule has 1 aromatic rings. The molecule has 5 atom stereocenters. The first kappa shape index (κ1) is 17.3. The molecule has 0 aromatic heterocycles. The minimum absolute atomic E-state index is 0.0151. The summed E-state index contributed by atoms with van der Waals surface area (Å²) in [5.41, 5.74) is 1.91. The van der Waals surface area contributed by atoms with Crippen LogP contribution in [0.4, 0.5) is 5.69 Å². The van der Waals surface area contributed by atoms with Crippen molar-refractivity contribution in [2.24, 2.45) is 11.3 Å². The minimum Gasteiger partial charge on any atom is -0.468 e. The third-order valence-electron chi connectivity index (χ3n) is 8.64. The van der Waals surface area contributed by atoms with Gasteiger partial charge in [0.05, 0.1) is 32.7 Å². The van der Waals surface area contributed by atoms with Gasteiger partial charge in [0.25, 0.3) is 0 Å². The van der Waals surface area contributed by atoms with Crippen LogP contribution in [-0.2, 0) is 14.9 Å². The summed E-state index contributed by atoms with van der Waals surface area (Å²) in [6.45, 7) is 3.80. The van der Waals surface area contributed by atoms with Gasteiger partial charge in [0.15, 0.2) is 5.66 Å². The second kappa shape index (κ2) is 5.15. The molecular weight excluding hydrogens is 340 g/mol. The van der Waals surface area contributed by atoms with Crippen LogP contribution in [0.3, 0.4) is 0 Å². The van der Waals surface area contributed by atoms with Gasteiger partial charge in [-0.2, -0.15) is 0 Å². The minimum atomic E-state index is -0.950. The van der Waals surface area contributed by atoms with E-state index in [1.54, 1.807) is 0 Å². The zero-order valence-corrected chi connectivity index (χ0v) is 16.4. The van der Waals surface area contributed by atoms with Crippen LogP contribution < -0.4 is 5.32 Å². The molecule has 27 heavy (non-hydrogen) atoms. The van der Waals surface area contributed by atoms with Gasteiger partial charge < -0.3 is 15.2 Å².